The number of piperazine rings is 1. The third-order valence-electron chi connectivity index (χ3n) is 4.19. The van der Waals surface area contributed by atoms with Crippen molar-refractivity contribution in [2.75, 3.05) is 19.6 Å². The number of aryl methyl sites for hydroxylation is 2. The summed E-state index contributed by atoms with van der Waals surface area (Å²) in [5, 5.41) is 3.45. The summed E-state index contributed by atoms with van der Waals surface area (Å²) in [7, 11) is 0. The van der Waals surface area contributed by atoms with Crippen molar-refractivity contribution in [3.63, 3.8) is 0 Å². The number of nitrogens with one attached hydrogen (secondary N) is 1. The lowest BCUT2D eigenvalue weighted by molar-refractivity contribution is 0.165. The summed E-state index contributed by atoms with van der Waals surface area (Å²) in [5.74, 6) is 0. The first-order chi connectivity index (χ1) is 8.33. The van der Waals surface area contributed by atoms with Gasteiger partial charge in [0.15, 0.2) is 0 Å². The first-order valence-electron chi connectivity index (χ1n) is 6.88. The molecule has 1 heterocycles. The standard InChI is InChI=1S/C15H22N2.ClH/c1-12-10-16-7-8-17(12)11-13-5-6-14-3-2-4-15(14)9-13;/h5-6,9,12,16H,2-4,7-8,10-11H2,1H3;1H/t12-;/m0./s1. The number of nitrogens with zero attached hydrogens (tertiary/aromatic N) is 1. The second-order valence-electron chi connectivity index (χ2n) is 5.48. The molecule has 3 heteroatoms. The summed E-state index contributed by atoms with van der Waals surface area (Å²) in [4.78, 5) is 2.59. The van der Waals surface area contributed by atoms with Crippen LogP contribution in [0.15, 0.2) is 18.2 Å². The third-order valence-corrected chi connectivity index (χ3v) is 4.19. The van der Waals surface area contributed by atoms with Gasteiger partial charge in [-0.1, -0.05) is 18.2 Å². The van der Waals surface area contributed by atoms with E-state index in [-0.39, 0.29) is 12.4 Å². The molecule has 1 aromatic carbocycles. The Kier molecular flexibility index (Phi) is 4.66. The zero-order chi connectivity index (χ0) is 11.7. The largest absolute Gasteiger partial charge is 0.314 e. The van der Waals surface area contributed by atoms with Crippen LogP contribution in [0, 0.1) is 0 Å². The fourth-order valence-corrected chi connectivity index (χ4v) is 3.08. The van der Waals surface area contributed by atoms with Crippen molar-refractivity contribution in [2.24, 2.45) is 0 Å². The van der Waals surface area contributed by atoms with Crippen LogP contribution < -0.4 is 5.32 Å². The van der Waals surface area contributed by atoms with E-state index in [1.807, 2.05) is 0 Å². The predicted molar refractivity (Wildman–Crippen MR) is 78.5 cm³/mol. The van der Waals surface area contributed by atoms with E-state index < -0.39 is 0 Å². The molecule has 1 aromatic rings. The Hall–Kier alpha value is -0.570. The third kappa shape index (κ3) is 2.87. The molecule has 1 aliphatic heterocycles. The van der Waals surface area contributed by atoms with Gasteiger partial charge in [-0.3, -0.25) is 4.90 Å². The molecule has 3 rings (SSSR count). The molecular formula is C15H23ClN2. The Morgan fingerprint density at radius 3 is 2.94 bits per heavy atom. The van der Waals surface area contributed by atoms with Gasteiger partial charge in [-0.05, 0) is 42.9 Å². The lowest BCUT2D eigenvalue weighted by Crippen LogP contribution is -2.49. The Morgan fingerprint density at radius 1 is 1.28 bits per heavy atom. The summed E-state index contributed by atoms with van der Waals surface area (Å²) < 4.78 is 0. The topological polar surface area (TPSA) is 15.3 Å². The van der Waals surface area contributed by atoms with Gasteiger partial charge in [0.2, 0.25) is 0 Å². The van der Waals surface area contributed by atoms with Crippen LogP contribution >= 0.6 is 12.4 Å². The number of benzene rings is 1. The van der Waals surface area contributed by atoms with Crippen LogP contribution in [0.4, 0.5) is 0 Å². The monoisotopic (exact) mass is 266 g/mol. The zero-order valence-electron chi connectivity index (χ0n) is 11.1. The molecule has 2 aliphatic rings. The summed E-state index contributed by atoms with van der Waals surface area (Å²) in [5.41, 5.74) is 4.69. The molecule has 1 saturated heterocycles. The molecule has 0 saturated carbocycles. The maximum absolute atomic E-state index is 3.45. The van der Waals surface area contributed by atoms with Gasteiger partial charge in [0.25, 0.3) is 0 Å². The number of hydrogen-bond acceptors (Lipinski definition) is 2. The molecule has 0 unspecified atom stereocenters. The van der Waals surface area contributed by atoms with E-state index in [2.05, 4.69) is 35.3 Å². The van der Waals surface area contributed by atoms with Crippen LogP contribution in [0.3, 0.4) is 0 Å². The molecule has 0 radical (unpaired) electrons. The number of halogens is 1. The fraction of sp³-hybridized carbons (Fsp3) is 0.600. The molecule has 1 N–H and O–H groups in total. The second-order valence-corrected chi connectivity index (χ2v) is 5.48. The van der Waals surface area contributed by atoms with E-state index in [0.29, 0.717) is 6.04 Å². The summed E-state index contributed by atoms with van der Waals surface area (Å²) >= 11 is 0. The van der Waals surface area contributed by atoms with Crippen molar-refractivity contribution >= 4 is 12.4 Å². The molecule has 1 aliphatic carbocycles. The van der Waals surface area contributed by atoms with Gasteiger partial charge >= 0.3 is 0 Å². The Balaban J connectivity index is 0.00000120. The van der Waals surface area contributed by atoms with Crippen molar-refractivity contribution in [3.05, 3.63) is 34.9 Å². The van der Waals surface area contributed by atoms with Crippen molar-refractivity contribution < 1.29 is 0 Å². The van der Waals surface area contributed by atoms with Crippen molar-refractivity contribution in [1.29, 1.82) is 0 Å². The maximum atomic E-state index is 3.45. The maximum Gasteiger partial charge on any atom is 0.0237 e. The highest BCUT2D eigenvalue weighted by Gasteiger charge is 2.18. The smallest absolute Gasteiger partial charge is 0.0237 e. The first kappa shape index (κ1) is 13.9. The zero-order valence-corrected chi connectivity index (χ0v) is 11.9. The van der Waals surface area contributed by atoms with Gasteiger partial charge in [0.05, 0.1) is 0 Å². The molecule has 0 bridgehead atoms. The highest BCUT2D eigenvalue weighted by atomic mass is 35.5. The van der Waals surface area contributed by atoms with Gasteiger partial charge in [-0.25, -0.2) is 0 Å². The van der Waals surface area contributed by atoms with E-state index in [1.165, 1.54) is 31.4 Å². The molecule has 1 fully saturated rings. The highest BCUT2D eigenvalue weighted by Crippen LogP contribution is 2.23. The first-order valence-corrected chi connectivity index (χ1v) is 6.88. The van der Waals surface area contributed by atoms with E-state index in [4.69, 9.17) is 0 Å². The molecule has 2 nitrogen and oxygen atoms in total. The van der Waals surface area contributed by atoms with E-state index in [1.54, 1.807) is 11.1 Å². The lowest BCUT2D eigenvalue weighted by atomic mass is 10.1. The van der Waals surface area contributed by atoms with Crippen LogP contribution in [-0.2, 0) is 19.4 Å². The number of fused-ring (bicyclic) bond motifs is 1. The molecule has 0 spiro atoms. The average molecular weight is 267 g/mol. The van der Waals surface area contributed by atoms with E-state index >= 15 is 0 Å². The minimum atomic E-state index is 0. The minimum absolute atomic E-state index is 0. The Bertz CT molecular complexity index is 405. The Labute approximate surface area is 116 Å². The molecule has 1 atom stereocenters. The quantitative estimate of drug-likeness (QED) is 0.884. The van der Waals surface area contributed by atoms with Crippen LogP contribution in [0.25, 0.3) is 0 Å². The van der Waals surface area contributed by atoms with Crippen molar-refractivity contribution in [3.8, 4) is 0 Å². The van der Waals surface area contributed by atoms with Gasteiger partial charge < -0.3 is 5.32 Å². The second kappa shape index (κ2) is 6.05. The lowest BCUT2D eigenvalue weighted by Gasteiger charge is -2.34. The normalized spacial score (nSPS) is 23.5. The molecular weight excluding hydrogens is 244 g/mol. The molecule has 100 valence electrons. The summed E-state index contributed by atoms with van der Waals surface area (Å²) in [6.07, 6.45) is 3.93. The number of hydrogen-bond donors (Lipinski definition) is 1. The SMILES string of the molecule is C[C@H]1CNCCN1Cc1ccc2c(c1)CCC2.Cl. The summed E-state index contributed by atoms with van der Waals surface area (Å²) in [6.45, 7) is 6.88. The van der Waals surface area contributed by atoms with Gasteiger partial charge in [0.1, 0.15) is 0 Å². The predicted octanol–water partition coefficient (Wildman–Crippen LogP) is 2.39. The van der Waals surface area contributed by atoms with E-state index in [9.17, 15) is 0 Å². The van der Waals surface area contributed by atoms with Crippen LogP contribution in [-0.4, -0.2) is 30.6 Å². The molecule has 0 amide bonds. The molecule has 0 aromatic heterocycles. The van der Waals surface area contributed by atoms with Crippen molar-refractivity contribution in [1.82, 2.24) is 10.2 Å². The Morgan fingerprint density at radius 2 is 2.11 bits per heavy atom. The van der Waals surface area contributed by atoms with Crippen LogP contribution in [0.2, 0.25) is 0 Å². The molecule has 18 heavy (non-hydrogen) atoms. The van der Waals surface area contributed by atoms with Crippen LogP contribution in [0.1, 0.15) is 30.0 Å². The summed E-state index contributed by atoms with van der Waals surface area (Å²) in [6, 6.07) is 7.79. The number of rotatable bonds is 2. The van der Waals surface area contributed by atoms with Gasteiger partial charge in [-0.2, -0.15) is 0 Å². The fourth-order valence-electron chi connectivity index (χ4n) is 3.08. The average Bonchev–Trinajstić information content (AvgIpc) is 2.79. The van der Waals surface area contributed by atoms with Gasteiger partial charge in [-0.15, -0.1) is 12.4 Å². The minimum Gasteiger partial charge on any atom is -0.314 e. The highest BCUT2D eigenvalue weighted by molar-refractivity contribution is 5.85. The van der Waals surface area contributed by atoms with Crippen LogP contribution in [0.5, 0.6) is 0 Å². The van der Waals surface area contributed by atoms with E-state index in [0.717, 1.165) is 19.6 Å². The van der Waals surface area contributed by atoms with Crippen molar-refractivity contribution in [2.45, 2.75) is 38.8 Å². The van der Waals surface area contributed by atoms with Gasteiger partial charge in [0, 0.05) is 32.2 Å².